The van der Waals surface area contributed by atoms with Crippen LogP contribution in [-0.2, 0) is 32.6 Å². The van der Waals surface area contributed by atoms with Crippen LogP contribution in [0.3, 0.4) is 0 Å². The molecule has 0 saturated heterocycles. The third-order valence-corrected chi connectivity index (χ3v) is 10.2. The number of ether oxygens (including phenoxy) is 1. The number of aryl methyl sites for hydroxylation is 1. The van der Waals surface area contributed by atoms with E-state index in [1.165, 1.54) is 17.0 Å². The van der Waals surface area contributed by atoms with Crippen LogP contribution in [0.4, 0.5) is 5.69 Å². The summed E-state index contributed by atoms with van der Waals surface area (Å²) in [5.74, 6) is -0.239. The van der Waals surface area contributed by atoms with Crippen molar-refractivity contribution in [1.82, 2.24) is 10.2 Å². The Morgan fingerprint density at radius 1 is 0.851 bits per heavy atom. The first-order valence-corrected chi connectivity index (χ1v) is 18.0. The zero-order valence-electron chi connectivity index (χ0n) is 27.2. The van der Waals surface area contributed by atoms with Crippen molar-refractivity contribution in [2.75, 3.05) is 17.5 Å². The van der Waals surface area contributed by atoms with Crippen molar-refractivity contribution in [1.29, 1.82) is 0 Å². The minimum atomic E-state index is -4.19. The van der Waals surface area contributed by atoms with E-state index in [9.17, 15) is 18.0 Å². The Labute approximate surface area is 286 Å². The first-order chi connectivity index (χ1) is 22.5. The second-order valence-corrected chi connectivity index (χ2v) is 14.2. The number of hydrogen-bond acceptors (Lipinski definition) is 5. The number of sulfonamides is 1. The molecular formula is C37H42BrN3O5S. The van der Waals surface area contributed by atoms with Crippen LogP contribution in [0.15, 0.2) is 112 Å². The van der Waals surface area contributed by atoms with Crippen molar-refractivity contribution in [2.45, 2.75) is 64.1 Å². The highest BCUT2D eigenvalue weighted by atomic mass is 79.9. The molecule has 2 amide bonds. The SMILES string of the molecule is CCOc1ccc(N(CC(=O)N(Cc2ccc(Br)cc2)[C@H](Cc2ccccc2)C(=O)N[C@H](C)CC)S(=O)(=O)c2ccc(C)cc2)cc1. The smallest absolute Gasteiger partial charge is 0.264 e. The lowest BCUT2D eigenvalue weighted by atomic mass is 10.0. The van der Waals surface area contributed by atoms with Crippen LogP contribution < -0.4 is 14.4 Å². The Morgan fingerprint density at radius 2 is 1.49 bits per heavy atom. The van der Waals surface area contributed by atoms with E-state index in [1.54, 1.807) is 36.4 Å². The van der Waals surface area contributed by atoms with Crippen LogP contribution in [0.25, 0.3) is 0 Å². The van der Waals surface area contributed by atoms with Crippen molar-refractivity contribution < 1.29 is 22.7 Å². The molecule has 0 saturated carbocycles. The molecule has 1 N–H and O–H groups in total. The van der Waals surface area contributed by atoms with E-state index < -0.39 is 28.5 Å². The summed E-state index contributed by atoms with van der Waals surface area (Å²) in [4.78, 5) is 30.1. The Morgan fingerprint density at radius 3 is 2.09 bits per heavy atom. The molecule has 2 atom stereocenters. The number of carbonyl (C=O) groups excluding carboxylic acids is 2. The van der Waals surface area contributed by atoms with Gasteiger partial charge in [-0.2, -0.15) is 0 Å². The van der Waals surface area contributed by atoms with Crippen molar-refractivity contribution in [3.05, 3.63) is 124 Å². The van der Waals surface area contributed by atoms with Gasteiger partial charge in [-0.3, -0.25) is 13.9 Å². The zero-order valence-corrected chi connectivity index (χ0v) is 29.6. The lowest BCUT2D eigenvalue weighted by molar-refractivity contribution is -0.140. The van der Waals surface area contributed by atoms with Crippen LogP contribution in [0.5, 0.6) is 5.75 Å². The molecule has 0 aliphatic carbocycles. The lowest BCUT2D eigenvalue weighted by Gasteiger charge is -2.34. The largest absolute Gasteiger partial charge is 0.494 e. The molecule has 0 radical (unpaired) electrons. The molecule has 0 aliphatic heterocycles. The van der Waals surface area contributed by atoms with E-state index in [0.29, 0.717) is 24.5 Å². The maximum absolute atomic E-state index is 14.6. The third kappa shape index (κ3) is 9.68. The van der Waals surface area contributed by atoms with E-state index >= 15 is 0 Å². The predicted molar refractivity (Wildman–Crippen MR) is 190 cm³/mol. The highest BCUT2D eigenvalue weighted by molar-refractivity contribution is 9.10. The molecule has 0 fully saturated rings. The van der Waals surface area contributed by atoms with Crippen molar-refractivity contribution in [2.24, 2.45) is 0 Å². The maximum atomic E-state index is 14.6. The van der Waals surface area contributed by atoms with Gasteiger partial charge < -0.3 is 15.0 Å². The van der Waals surface area contributed by atoms with Gasteiger partial charge in [-0.05, 0) is 86.8 Å². The van der Waals surface area contributed by atoms with Crippen molar-refractivity contribution in [3.8, 4) is 5.75 Å². The quantitative estimate of drug-likeness (QED) is 0.144. The monoisotopic (exact) mass is 719 g/mol. The standard InChI is InChI=1S/C37H42BrN3O5S/c1-5-28(4)39-37(43)35(24-29-10-8-7-9-11-29)40(25-30-14-16-31(38)17-15-30)36(42)26-41(32-18-20-33(21-19-32)46-6-2)47(44,45)34-22-12-27(3)13-23-34/h7-23,28,35H,5-6,24-26H2,1-4H3,(H,39,43)/t28-,35-/m1/s1. The van der Waals surface area contributed by atoms with E-state index in [-0.39, 0.29) is 29.8 Å². The summed E-state index contributed by atoms with van der Waals surface area (Å²) in [7, 11) is -4.19. The number of hydrogen-bond donors (Lipinski definition) is 1. The summed E-state index contributed by atoms with van der Waals surface area (Å²) >= 11 is 3.47. The average molecular weight is 721 g/mol. The minimum absolute atomic E-state index is 0.0552. The minimum Gasteiger partial charge on any atom is -0.494 e. The van der Waals surface area contributed by atoms with Crippen LogP contribution in [0.1, 0.15) is 43.9 Å². The number of anilines is 1. The third-order valence-electron chi connectivity index (χ3n) is 7.86. The summed E-state index contributed by atoms with van der Waals surface area (Å²) in [6.07, 6.45) is 0.962. The molecule has 47 heavy (non-hydrogen) atoms. The molecular weight excluding hydrogens is 678 g/mol. The van der Waals surface area contributed by atoms with Crippen LogP contribution in [0.2, 0.25) is 0 Å². The fourth-order valence-electron chi connectivity index (χ4n) is 5.02. The molecule has 0 bridgehead atoms. The number of nitrogens with zero attached hydrogens (tertiary/aromatic N) is 2. The number of benzene rings is 4. The van der Waals surface area contributed by atoms with Crippen molar-refractivity contribution in [3.63, 3.8) is 0 Å². The van der Waals surface area contributed by atoms with Crippen LogP contribution in [-0.4, -0.2) is 50.4 Å². The zero-order chi connectivity index (χ0) is 34.0. The molecule has 0 heterocycles. The Balaban J connectivity index is 1.80. The van der Waals surface area contributed by atoms with Crippen LogP contribution in [0, 0.1) is 6.92 Å². The molecule has 4 rings (SSSR count). The molecule has 0 spiro atoms. The maximum Gasteiger partial charge on any atom is 0.264 e. The van der Waals surface area contributed by atoms with E-state index in [2.05, 4.69) is 21.2 Å². The van der Waals surface area contributed by atoms with Crippen LogP contribution >= 0.6 is 15.9 Å². The van der Waals surface area contributed by atoms with Gasteiger partial charge in [0, 0.05) is 23.5 Å². The molecule has 10 heteroatoms. The van der Waals surface area contributed by atoms with Gasteiger partial charge in [0.15, 0.2) is 0 Å². The molecule has 0 unspecified atom stereocenters. The number of nitrogens with one attached hydrogen (secondary N) is 1. The van der Waals surface area contributed by atoms with E-state index in [1.807, 2.05) is 82.3 Å². The molecule has 0 aliphatic rings. The topological polar surface area (TPSA) is 96.0 Å². The van der Waals surface area contributed by atoms with Gasteiger partial charge in [0.1, 0.15) is 18.3 Å². The number of amides is 2. The lowest BCUT2D eigenvalue weighted by Crippen LogP contribution is -2.54. The number of carbonyl (C=O) groups is 2. The Kier molecular flexibility index (Phi) is 12.6. The average Bonchev–Trinajstić information content (AvgIpc) is 3.07. The summed E-state index contributed by atoms with van der Waals surface area (Å²) in [6.45, 7) is 7.66. The second kappa shape index (κ2) is 16.6. The molecule has 0 aromatic heterocycles. The van der Waals surface area contributed by atoms with Gasteiger partial charge in [0.05, 0.1) is 17.2 Å². The normalized spacial score (nSPS) is 12.5. The fraction of sp³-hybridized carbons (Fsp3) is 0.297. The highest BCUT2D eigenvalue weighted by Gasteiger charge is 2.35. The molecule has 4 aromatic carbocycles. The highest BCUT2D eigenvalue weighted by Crippen LogP contribution is 2.27. The van der Waals surface area contributed by atoms with E-state index in [4.69, 9.17) is 4.74 Å². The van der Waals surface area contributed by atoms with Gasteiger partial charge in [-0.15, -0.1) is 0 Å². The first kappa shape index (κ1) is 35.7. The molecule has 8 nitrogen and oxygen atoms in total. The summed E-state index contributed by atoms with van der Waals surface area (Å²) in [6, 6.07) is 29.1. The summed E-state index contributed by atoms with van der Waals surface area (Å²) in [5, 5.41) is 3.06. The van der Waals surface area contributed by atoms with Crippen molar-refractivity contribution >= 4 is 43.5 Å². The number of rotatable bonds is 15. The summed E-state index contributed by atoms with van der Waals surface area (Å²) in [5.41, 5.74) is 2.88. The van der Waals surface area contributed by atoms with Gasteiger partial charge in [-0.1, -0.05) is 83.0 Å². The van der Waals surface area contributed by atoms with Gasteiger partial charge >= 0.3 is 0 Å². The summed E-state index contributed by atoms with van der Waals surface area (Å²) < 4.78 is 36.0. The van der Waals surface area contributed by atoms with Gasteiger partial charge in [0.25, 0.3) is 10.0 Å². The Bertz CT molecular complexity index is 1720. The Hall–Kier alpha value is -4.15. The number of halogens is 1. The molecule has 248 valence electrons. The van der Waals surface area contributed by atoms with Gasteiger partial charge in [-0.25, -0.2) is 8.42 Å². The second-order valence-electron chi connectivity index (χ2n) is 11.4. The molecule has 4 aromatic rings. The van der Waals surface area contributed by atoms with Gasteiger partial charge in [0.2, 0.25) is 11.8 Å². The predicted octanol–water partition coefficient (Wildman–Crippen LogP) is 6.91. The van der Waals surface area contributed by atoms with E-state index in [0.717, 1.165) is 25.5 Å². The first-order valence-electron chi connectivity index (χ1n) is 15.7. The fourth-order valence-corrected chi connectivity index (χ4v) is 6.70.